The highest BCUT2D eigenvalue weighted by Gasteiger charge is 2.08. The molecule has 0 aliphatic rings. The summed E-state index contributed by atoms with van der Waals surface area (Å²) in [6.07, 6.45) is 2.10. The van der Waals surface area contributed by atoms with Gasteiger partial charge in [0.1, 0.15) is 11.8 Å². The van der Waals surface area contributed by atoms with Crippen LogP contribution in [0, 0.1) is 11.3 Å². The van der Waals surface area contributed by atoms with Crippen LogP contribution in [0.3, 0.4) is 0 Å². The lowest BCUT2D eigenvalue weighted by atomic mass is 10.0. The lowest BCUT2D eigenvalue weighted by Gasteiger charge is -2.07. The summed E-state index contributed by atoms with van der Waals surface area (Å²) in [6, 6.07) is 10.7. The van der Waals surface area contributed by atoms with Crippen LogP contribution >= 0.6 is 0 Å². The summed E-state index contributed by atoms with van der Waals surface area (Å²) < 4.78 is 0. The van der Waals surface area contributed by atoms with Gasteiger partial charge in [0.25, 0.3) is 5.91 Å². The number of aromatic nitrogens is 1. The smallest absolute Gasteiger partial charge is 0.250 e. The molecule has 0 aliphatic heterocycles. The number of nitrogens with zero attached hydrogens (tertiary/aromatic N) is 2. The van der Waals surface area contributed by atoms with Gasteiger partial charge in [0.2, 0.25) is 0 Å². The van der Waals surface area contributed by atoms with Crippen LogP contribution in [-0.2, 0) is 6.42 Å². The molecule has 1 heterocycles. The van der Waals surface area contributed by atoms with E-state index < -0.39 is 5.91 Å². The van der Waals surface area contributed by atoms with E-state index in [2.05, 4.69) is 4.98 Å². The van der Waals surface area contributed by atoms with Crippen molar-refractivity contribution in [3.8, 4) is 6.07 Å². The van der Waals surface area contributed by atoms with E-state index in [9.17, 15) is 4.79 Å². The minimum atomic E-state index is -0.553. The average Bonchev–Trinajstić information content (AvgIpc) is 2.39. The van der Waals surface area contributed by atoms with Crippen molar-refractivity contribution < 1.29 is 4.79 Å². The SMILES string of the molecule is N#Cc1ncccc1Cc1ccc(C(N)=O)c(N)c1. The fraction of sp³-hybridized carbons (Fsp3) is 0.0714. The Morgan fingerprint density at radius 3 is 2.79 bits per heavy atom. The van der Waals surface area contributed by atoms with Crippen LogP contribution in [0.2, 0.25) is 0 Å². The van der Waals surface area contributed by atoms with E-state index in [-0.39, 0.29) is 0 Å². The molecule has 0 aliphatic carbocycles. The quantitative estimate of drug-likeness (QED) is 0.801. The average molecular weight is 252 g/mol. The molecule has 0 bridgehead atoms. The minimum absolute atomic E-state index is 0.301. The van der Waals surface area contributed by atoms with Gasteiger partial charge in [-0.15, -0.1) is 0 Å². The number of nitrogen functional groups attached to an aromatic ring is 1. The minimum Gasteiger partial charge on any atom is -0.398 e. The van der Waals surface area contributed by atoms with Crippen molar-refractivity contribution >= 4 is 11.6 Å². The van der Waals surface area contributed by atoms with Gasteiger partial charge < -0.3 is 11.5 Å². The van der Waals surface area contributed by atoms with Crippen molar-refractivity contribution in [1.29, 1.82) is 5.26 Å². The van der Waals surface area contributed by atoms with E-state index in [1.54, 1.807) is 30.5 Å². The summed E-state index contributed by atoms with van der Waals surface area (Å²) >= 11 is 0. The Morgan fingerprint density at radius 1 is 1.37 bits per heavy atom. The Bertz CT molecular complexity index is 673. The third-order valence-electron chi connectivity index (χ3n) is 2.77. The number of rotatable bonds is 3. The largest absolute Gasteiger partial charge is 0.398 e. The number of nitrogens with two attached hydrogens (primary N) is 2. The molecule has 94 valence electrons. The Hall–Kier alpha value is -2.87. The predicted octanol–water partition coefficient (Wildman–Crippen LogP) is 1.23. The molecule has 1 aromatic heterocycles. The first-order valence-corrected chi connectivity index (χ1v) is 5.64. The van der Waals surface area contributed by atoms with Gasteiger partial charge in [-0.05, 0) is 29.3 Å². The fourth-order valence-electron chi connectivity index (χ4n) is 1.85. The van der Waals surface area contributed by atoms with Crippen LogP contribution in [-0.4, -0.2) is 10.9 Å². The number of pyridine rings is 1. The van der Waals surface area contributed by atoms with Gasteiger partial charge in [-0.25, -0.2) is 4.98 Å². The second-order valence-corrected chi connectivity index (χ2v) is 4.09. The summed E-state index contributed by atoms with van der Waals surface area (Å²) in [4.78, 5) is 15.1. The van der Waals surface area contributed by atoms with Crippen LogP contribution in [0.5, 0.6) is 0 Å². The molecule has 5 nitrogen and oxygen atoms in total. The van der Waals surface area contributed by atoms with Crippen molar-refractivity contribution in [2.45, 2.75) is 6.42 Å². The first kappa shape index (κ1) is 12.6. The van der Waals surface area contributed by atoms with E-state index >= 15 is 0 Å². The highest BCUT2D eigenvalue weighted by Crippen LogP contribution is 2.17. The number of hydrogen-bond acceptors (Lipinski definition) is 4. The Balaban J connectivity index is 2.32. The zero-order chi connectivity index (χ0) is 13.8. The molecule has 2 aromatic rings. The summed E-state index contributed by atoms with van der Waals surface area (Å²) in [5.74, 6) is -0.553. The first-order valence-electron chi connectivity index (χ1n) is 5.64. The number of carbonyl (C=O) groups is 1. The number of carbonyl (C=O) groups excluding carboxylic acids is 1. The second-order valence-electron chi connectivity index (χ2n) is 4.09. The maximum absolute atomic E-state index is 11.1. The molecule has 0 saturated carbocycles. The molecule has 0 spiro atoms. The van der Waals surface area contributed by atoms with Gasteiger partial charge in [-0.1, -0.05) is 12.1 Å². The summed E-state index contributed by atoms with van der Waals surface area (Å²) in [7, 11) is 0. The first-order chi connectivity index (χ1) is 9.11. The molecule has 4 N–H and O–H groups in total. The third-order valence-corrected chi connectivity index (χ3v) is 2.77. The Morgan fingerprint density at radius 2 is 2.16 bits per heavy atom. The summed E-state index contributed by atoms with van der Waals surface area (Å²) in [5.41, 5.74) is 13.7. The molecule has 5 heteroatoms. The van der Waals surface area contributed by atoms with Crippen molar-refractivity contribution in [1.82, 2.24) is 4.98 Å². The van der Waals surface area contributed by atoms with Gasteiger partial charge in [0.15, 0.2) is 0 Å². The molecule has 0 atom stereocenters. The highest BCUT2D eigenvalue weighted by atomic mass is 16.1. The second kappa shape index (κ2) is 5.19. The van der Waals surface area contributed by atoms with Crippen molar-refractivity contribution in [3.05, 3.63) is 58.9 Å². The number of amides is 1. The molecular formula is C14H12N4O. The van der Waals surface area contributed by atoms with Gasteiger partial charge in [-0.2, -0.15) is 5.26 Å². The molecule has 0 unspecified atom stereocenters. The van der Waals surface area contributed by atoms with Gasteiger partial charge in [0.05, 0.1) is 5.56 Å². The zero-order valence-electron chi connectivity index (χ0n) is 10.1. The molecular weight excluding hydrogens is 240 g/mol. The van der Waals surface area contributed by atoms with Crippen LogP contribution in [0.15, 0.2) is 36.5 Å². The topological polar surface area (TPSA) is 106 Å². The Kier molecular flexibility index (Phi) is 3.44. The van der Waals surface area contributed by atoms with Crippen molar-refractivity contribution in [2.24, 2.45) is 5.73 Å². The maximum atomic E-state index is 11.1. The standard InChI is InChI=1S/C14H12N4O/c15-8-13-10(2-1-5-18-13)6-9-3-4-11(14(17)19)12(16)7-9/h1-5,7H,6,16H2,(H2,17,19). The number of primary amides is 1. The molecule has 2 rings (SSSR count). The van der Waals surface area contributed by atoms with Gasteiger partial charge in [0, 0.05) is 18.3 Å². The Labute approximate surface area is 110 Å². The third kappa shape index (κ3) is 2.69. The van der Waals surface area contributed by atoms with E-state index in [0.29, 0.717) is 23.4 Å². The van der Waals surface area contributed by atoms with Crippen LogP contribution in [0.1, 0.15) is 27.2 Å². The molecule has 1 aromatic carbocycles. The lowest BCUT2D eigenvalue weighted by molar-refractivity contribution is 0.100. The number of benzene rings is 1. The molecule has 1 amide bonds. The van der Waals surface area contributed by atoms with Gasteiger partial charge in [-0.3, -0.25) is 4.79 Å². The van der Waals surface area contributed by atoms with Crippen LogP contribution < -0.4 is 11.5 Å². The van der Waals surface area contributed by atoms with Gasteiger partial charge >= 0.3 is 0 Å². The highest BCUT2D eigenvalue weighted by molar-refractivity contribution is 5.98. The number of anilines is 1. The molecule has 0 saturated heterocycles. The summed E-state index contributed by atoms with van der Waals surface area (Å²) in [6.45, 7) is 0. The van der Waals surface area contributed by atoms with Crippen molar-refractivity contribution in [2.75, 3.05) is 5.73 Å². The molecule has 0 radical (unpaired) electrons. The molecule has 0 fully saturated rings. The predicted molar refractivity (Wildman–Crippen MR) is 71.1 cm³/mol. The fourth-order valence-corrected chi connectivity index (χ4v) is 1.85. The maximum Gasteiger partial charge on any atom is 0.250 e. The monoisotopic (exact) mass is 252 g/mol. The van der Waals surface area contributed by atoms with E-state index in [1.807, 2.05) is 12.1 Å². The molecule has 19 heavy (non-hydrogen) atoms. The van der Waals surface area contributed by atoms with E-state index in [1.165, 1.54) is 0 Å². The van der Waals surface area contributed by atoms with Crippen LogP contribution in [0.4, 0.5) is 5.69 Å². The summed E-state index contributed by atoms with van der Waals surface area (Å²) in [5, 5.41) is 8.97. The van der Waals surface area contributed by atoms with Crippen LogP contribution in [0.25, 0.3) is 0 Å². The normalized spacial score (nSPS) is 9.84. The number of nitriles is 1. The lowest BCUT2D eigenvalue weighted by Crippen LogP contribution is -2.13. The van der Waals surface area contributed by atoms with E-state index in [0.717, 1.165) is 11.1 Å². The van der Waals surface area contributed by atoms with E-state index in [4.69, 9.17) is 16.7 Å². The zero-order valence-corrected chi connectivity index (χ0v) is 10.1. The van der Waals surface area contributed by atoms with Crippen molar-refractivity contribution in [3.63, 3.8) is 0 Å². The number of hydrogen-bond donors (Lipinski definition) is 2.